The number of aromatic nitrogens is 3. The third-order valence-electron chi connectivity index (χ3n) is 3.74. The first-order valence-electron chi connectivity index (χ1n) is 8.17. The molecule has 0 unspecified atom stereocenters. The highest BCUT2D eigenvalue weighted by Crippen LogP contribution is 2.30. The van der Waals surface area contributed by atoms with Crippen molar-refractivity contribution in [2.75, 3.05) is 5.32 Å². The van der Waals surface area contributed by atoms with Crippen LogP contribution in [0.15, 0.2) is 41.1 Å². The number of benzene rings is 1. The molecule has 0 spiro atoms. The summed E-state index contributed by atoms with van der Waals surface area (Å²) in [5.74, 6) is 1.56. The molecular weight excluding hydrogens is 375 g/mol. The van der Waals surface area contributed by atoms with Crippen LogP contribution in [-0.4, -0.2) is 20.7 Å². The van der Waals surface area contributed by atoms with Crippen LogP contribution < -0.4 is 5.32 Å². The lowest BCUT2D eigenvalue weighted by Crippen LogP contribution is -2.17. The second-order valence-electron chi connectivity index (χ2n) is 6.05. The predicted molar refractivity (Wildman–Crippen MR) is 102 cm³/mol. The minimum absolute atomic E-state index is 0.128. The lowest BCUT2D eigenvalue weighted by molar-refractivity contribution is -0.116. The van der Waals surface area contributed by atoms with Crippen molar-refractivity contribution >= 4 is 34.9 Å². The van der Waals surface area contributed by atoms with Crippen molar-refractivity contribution in [2.24, 2.45) is 0 Å². The van der Waals surface area contributed by atoms with Gasteiger partial charge in [-0.15, -0.1) is 0 Å². The molecule has 136 valence electrons. The van der Waals surface area contributed by atoms with Gasteiger partial charge in [-0.25, -0.2) is 9.67 Å². The Morgan fingerprint density at radius 2 is 2.12 bits per heavy atom. The second kappa shape index (κ2) is 7.93. The van der Waals surface area contributed by atoms with Crippen molar-refractivity contribution in [3.63, 3.8) is 0 Å². The van der Waals surface area contributed by atoms with Gasteiger partial charge in [0.25, 0.3) is 0 Å². The Labute approximate surface area is 161 Å². The van der Waals surface area contributed by atoms with Crippen LogP contribution in [0.3, 0.4) is 0 Å². The first-order chi connectivity index (χ1) is 12.4. The molecule has 3 rings (SSSR count). The van der Waals surface area contributed by atoms with E-state index in [0.29, 0.717) is 39.5 Å². The molecule has 0 bridgehead atoms. The van der Waals surface area contributed by atoms with E-state index in [1.807, 2.05) is 13.8 Å². The number of carbonyl (C=O) groups is 1. The van der Waals surface area contributed by atoms with E-state index in [4.69, 9.17) is 27.6 Å². The molecule has 26 heavy (non-hydrogen) atoms. The summed E-state index contributed by atoms with van der Waals surface area (Å²) in [5.41, 5.74) is 0.708. The van der Waals surface area contributed by atoms with E-state index in [9.17, 15) is 4.79 Å². The summed E-state index contributed by atoms with van der Waals surface area (Å²) >= 11 is 12.1. The first kappa shape index (κ1) is 18.5. The molecule has 0 radical (unpaired) electrons. The quantitative estimate of drug-likeness (QED) is 0.640. The minimum atomic E-state index is -0.128. The van der Waals surface area contributed by atoms with E-state index in [-0.39, 0.29) is 18.4 Å². The van der Waals surface area contributed by atoms with Gasteiger partial charge in [-0.05, 0) is 32.0 Å². The maximum Gasteiger partial charge on any atom is 0.226 e. The number of carbonyl (C=O) groups excluding carboxylic acids is 1. The van der Waals surface area contributed by atoms with Crippen LogP contribution in [0.5, 0.6) is 0 Å². The normalized spacial score (nSPS) is 11.1. The van der Waals surface area contributed by atoms with Crippen molar-refractivity contribution in [3.05, 3.63) is 52.6 Å². The van der Waals surface area contributed by atoms with Gasteiger partial charge in [0, 0.05) is 35.5 Å². The molecule has 0 saturated heterocycles. The zero-order valence-electron chi connectivity index (χ0n) is 14.4. The van der Waals surface area contributed by atoms with Crippen LogP contribution in [-0.2, 0) is 11.2 Å². The number of amides is 1. The number of anilines is 1. The van der Waals surface area contributed by atoms with Gasteiger partial charge in [-0.1, -0.05) is 23.2 Å². The van der Waals surface area contributed by atoms with Crippen LogP contribution in [0, 0.1) is 0 Å². The smallest absolute Gasteiger partial charge is 0.226 e. The highest BCUT2D eigenvalue weighted by atomic mass is 35.5. The average molecular weight is 393 g/mol. The SMILES string of the molecule is CC(C)n1nccc1NC(=O)CCc1ncc(-c2ccc(Cl)cc2Cl)o1. The van der Waals surface area contributed by atoms with Gasteiger partial charge in [-0.3, -0.25) is 4.79 Å². The third-order valence-corrected chi connectivity index (χ3v) is 4.29. The molecule has 0 aliphatic rings. The summed E-state index contributed by atoms with van der Waals surface area (Å²) in [6, 6.07) is 7.08. The number of oxazole rings is 1. The fraction of sp³-hybridized carbons (Fsp3) is 0.278. The van der Waals surface area contributed by atoms with E-state index in [1.165, 1.54) is 0 Å². The van der Waals surface area contributed by atoms with Crippen LogP contribution in [0.1, 0.15) is 32.2 Å². The lowest BCUT2D eigenvalue weighted by atomic mass is 10.2. The summed E-state index contributed by atoms with van der Waals surface area (Å²) in [4.78, 5) is 16.4. The van der Waals surface area contributed by atoms with Crippen molar-refractivity contribution in [1.82, 2.24) is 14.8 Å². The number of nitrogens with zero attached hydrogens (tertiary/aromatic N) is 3. The molecule has 0 fully saturated rings. The topological polar surface area (TPSA) is 73.0 Å². The number of nitrogens with one attached hydrogen (secondary N) is 1. The molecular formula is C18H18Cl2N4O2. The fourth-order valence-electron chi connectivity index (χ4n) is 2.49. The number of halogens is 2. The van der Waals surface area contributed by atoms with Gasteiger partial charge in [0.1, 0.15) is 5.82 Å². The van der Waals surface area contributed by atoms with E-state index in [2.05, 4.69) is 15.4 Å². The van der Waals surface area contributed by atoms with Gasteiger partial charge in [0.05, 0.1) is 17.4 Å². The zero-order valence-corrected chi connectivity index (χ0v) is 15.9. The number of hydrogen-bond acceptors (Lipinski definition) is 4. The Kier molecular flexibility index (Phi) is 5.64. The summed E-state index contributed by atoms with van der Waals surface area (Å²) in [7, 11) is 0. The Bertz CT molecular complexity index is 918. The molecule has 1 amide bonds. The van der Waals surface area contributed by atoms with Crippen LogP contribution in [0.2, 0.25) is 10.0 Å². The molecule has 8 heteroatoms. The van der Waals surface area contributed by atoms with Gasteiger partial charge in [0.2, 0.25) is 5.91 Å². The third kappa shape index (κ3) is 4.26. The molecule has 2 aromatic heterocycles. The van der Waals surface area contributed by atoms with Crippen LogP contribution in [0.4, 0.5) is 5.82 Å². The largest absolute Gasteiger partial charge is 0.441 e. The summed E-state index contributed by atoms with van der Waals surface area (Å²) < 4.78 is 7.46. The van der Waals surface area contributed by atoms with Crippen molar-refractivity contribution in [1.29, 1.82) is 0 Å². The van der Waals surface area contributed by atoms with Crippen LogP contribution >= 0.6 is 23.2 Å². The monoisotopic (exact) mass is 392 g/mol. The Hall–Kier alpha value is -2.31. The Balaban J connectivity index is 1.61. The minimum Gasteiger partial charge on any atom is -0.441 e. The van der Waals surface area contributed by atoms with Gasteiger partial charge in [-0.2, -0.15) is 5.10 Å². The highest BCUT2D eigenvalue weighted by Gasteiger charge is 2.13. The Morgan fingerprint density at radius 3 is 2.85 bits per heavy atom. The van der Waals surface area contributed by atoms with Gasteiger partial charge in [0.15, 0.2) is 11.7 Å². The summed E-state index contributed by atoms with van der Waals surface area (Å²) in [5, 5.41) is 8.08. The van der Waals surface area contributed by atoms with E-state index < -0.39 is 0 Å². The molecule has 6 nitrogen and oxygen atoms in total. The van der Waals surface area contributed by atoms with Crippen LogP contribution in [0.25, 0.3) is 11.3 Å². The van der Waals surface area contributed by atoms with Gasteiger partial charge < -0.3 is 9.73 Å². The number of hydrogen-bond donors (Lipinski definition) is 1. The second-order valence-corrected chi connectivity index (χ2v) is 6.89. The Morgan fingerprint density at radius 1 is 1.31 bits per heavy atom. The molecule has 0 atom stereocenters. The van der Waals surface area contributed by atoms with Gasteiger partial charge >= 0.3 is 0 Å². The predicted octanol–water partition coefficient (Wildman–Crippen LogP) is 5.00. The van der Waals surface area contributed by atoms with Crippen molar-refractivity contribution in [2.45, 2.75) is 32.7 Å². The molecule has 2 heterocycles. The molecule has 1 aromatic carbocycles. The standard InChI is InChI=1S/C18H18Cl2N4O2/c1-11(2)24-16(7-8-22-24)23-17(25)5-6-18-21-10-15(26-18)13-4-3-12(19)9-14(13)20/h3-4,7-11H,5-6H2,1-2H3,(H,23,25). The number of aryl methyl sites for hydroxylation is 1. The highest BCUT2D eigenvalue weighted by molar-refractivity contribution is 6.36. The molecule has 0 aliphatic heterocycles. The van der Waals surface area contributed by atoms with Crippen molar-refractivity contribution in [3.8, 4) is 11.3 Å². The summed E-state index contributed by atoms with van der Waals surface area (Å²) in [6.45, 7) is 4.00. The van der Waals surface area contributed by atoms with E-state index in [0.717, 1.165) is 0 Å². The molecule has 1 N–H and O–H groups in total. The maximum absolute atomic E-state index is 12.2. The van der Waals surface area contributed by atoms with Crippen molar-refractivity contribution < 1.29 is 9.21 Å². The number of rotatable bonds is 6. The average Bonchev–Trinajstić information content (AvgIpc) is 3.22. The zero-order chi connectivity index (χ0) is 18.7. The maximum atomic E-state index is 12.2. The van der Waals surface area contributed by atoms with E-state index in [1.54, 1.807) is 41.3 Å². The summed E-state index contributed by atoms with van der Waals surface area (Å²) in [6.07, 6.45) is 3.88. The molecule has 0 aliphatic carbocycles. The van der Waals surface area contributed by atoms with E-state index >= 15 is 0 Å². The lowest BCUT2D eigenvalue weighted by Gasteiger charge is -2.11. The molecule has 3 aromatic rings. The first-order valence-corrected chi connectivity index (χ1v) is 8.93. The fourth-order valence-corrected chi connectivity index (χ4v) is 2.99. The molecule has 0 saturated carbocycles.